The molecule has 1 fully saturated rings. The lowest BCUT2D eigenvalue weighted by atomic mass is 10.00. The first-order valence-corrected chi connectivity index (χ1v) is 9.32. The van der Waals surface area contributed by atoms with Gasteiger partial charge in [0.25, 0.3) is 0 Å². The third kappa shape index (κ3) is 3.42. The summed E-state index contributed by atoms with van der Waals surface area (Å²) in [5.74, 6) is 2.19. The second-order valence-corrected chi connectivity index (χ2v) is 7.08. The van der Waals surface area contributed by atoms with Crippen LogP contribution in [0.15, 0.2) is 42.6 Å². The molecule has 0 aliphatic carbocycles. The van der Waals surface area contributed by atoms with E-state index < -0.39 is 0 Å². The van der Waals surface area contributed by atoms with Gasteiger partial charge in [0.05, 0.1) is 6.54 Å². The minimum absolute atomic E-state index is 0.272. The molecule has 1 aromatic carbocycles. The van der Waals surface area contributed by atoms with Gasteiger partial charge < -0.3 is 4.74 Å². The van der Waals surface area contributed by atoms with Crippen molar-refractivity contribution in [2.24, 2.45) is 0 Å². The summed E-state index contributed by atoms with van der Waals surface area (Å²) in [6.07, 6.45) is 3.81. The normalized spacial score (nSPS) is 15.7. The SMILES string of the molecule is CC(C)n1nccc1-c1nc(C2CCOCC2)nn1Cc1ccccc1. The van der Waals surface area contributed by atoms with Crippen molar-refractivity contribution in [3.63, 3.8) is 0 Å². The highest BCUT2D eigenvalue weighted by molar-refractivity contribution is 5.50. The molecule has 26 heavy (non-hydrogen) atoms. The van der Waals surface area contributed by atoms with Gasteiger partial charge in [0, 0.05) is 31.4 Å². The summed E-state index contributed by atoms with van der Waals surface area (Å²) in [6, 6.07) is 12.7. The molecule has 0 radical (unpaired) electrons. The van der Waals surface area contributed by atoms with E-state index in [1.807, 2.05) is 27.7 Å². The molecule has 6 nitrogen and oxygen atoms in total. The molecule has 0 spiro atoms. The molecule has 3 aromatic rings. The first-order valence-electron chi connectivity index (χ1n) is 9.32. The predicted molar refractivity (Wildman–Crippen MR) is 100.0 cm³/mol. The number of aromatic nitrogens is 5. The minimum Gasteiger partial charge on any atom is -0.381 e. The van der Waals surface area contributed by atoms with Crippen molar-refractivity contribution in [1.29, 1.82) is 0 Å². The average molecular weight is 351 g/mol. The second-order valence-electron chi connectivity index (χ2n) is 7.08. The highest BCUT2D eigenvalue weighted by atomic mass is 16.5. The zero-order chi connectivity index (χ0) is 17.9. The molecule has 2 aromatic heterocycles. The molecule has 1 aliphatic rings. The van der Waals surface area contributed by atoms with Crippen molar-refractivity contribution >= 4 is 0 Å². The zero-order valence-corrected chi connectivity index (χ0v) is 15.4. The summed E-state index contributed by atoms with van der Waals surface area (Å²) >= 11 is 0. The molecule has 0 amide bonds. The Hall–Kier alpha value is -2.47. The minimum atomic E-state index is 0.272. The first kappa shape index (κ1) is 17.0. The number of hydrogen-bond donors (Lipinski definition) is 0. The van der Waals surface area contributed by atoms with Gasteiger partial charge >= 0.3 is 0 Å². The van der Waals surface area contributed by atoms with Gasteiger partial charge in [-0.15, -0.1) is 0 Å². The number of rotatable bonds is 5. The average Bonchev–Trinajstić information content (AvgIpc) is 3.30. The van der Waals surface area contributed by atoms with Gasteiger partial charge in [-0.25, -0.2) is 9.67 Å². The van der Waals surface area contributed by atoms with Crippen LogP contribution in [-0.2, 0) is 11.3 Å². The molecule has 1 aliphatic heterocycles. The van der Waals surface area contributed by atoms with Gasteiger partial charge in [-0.3, -0.25) is 4.68 Å². The van der Waals surface area contributed by atoms with Gasteiger partial charge in [-0.2, -0.15) is 10.2 Å². The van der Waals surface area contributed by atoms with Crippen LogP contribution in [0.25, 0.3) is 11.5 Å². The molecule has 0 unspecified atom stereocenters. The number of hydrogen-bond acceptors (Lipinski definition) is 4. The molecule has 0 bridgehead atoms. The smallest absolute Gasteiger partial charge is 0.177 e. The Kier molecular flexibility index (Phi) is 4.84. The Bertz CT molecular complexity index is 846. The Balaban J connectivity index is 1.74. The summed E-state index contributed by atoms with van der Waals surface area (Å²) < 4.78 is 9.54. The van der Waals surface area contributed by atoms with Crippen molar-refractivity contribution in [3.8, 4) is 11.5 Å². The van der Waals surface area contributed by atoms with Crippen LogP contribution in [0.1, 0.15) is 50.0 Å². The second kappa shape index (κ2) is 7.41. The summed E-state index contributed by atoms with van der Waals surface area (Å²) in [5.41, 5.74) is 2.23. The van der Waals surface area contributed by atoms with E-state index in [0.29, 0.717) is 12.5 Å². The quantitative estimate of drug-likeness (QED) is 0.704. The molecule has 6 heteroatoms. The monoisotopic (exact) mass is 351 g/mol. The van der Waals surface area contributed by atoms with Crippen molar-refractivity contribution in [3.05, 3.63) is 54.0 Å². The third-order valence-corrected chi connectivity index (χ3v) is 4.84. The number of ether oxygens (including phenoxy) is 1. The summed E-state index contributed by atoms with van der Waals surface area (Å²) in [5, 5.41) is 9.37. The van der Waals surface area contributed by atoms with Crippen molar-refractivity contribution in [2.75, 3.05) is 13.2 Å². The van der Waals surface area contributed by atoms with Gasteiger partial charge in [0.15, 0.2) is 11.6 Å². The van der Waals surface area contributed by atoms with Gasteiger partial charge in [-0.05, 0) is 38.3 Å². The van der Waals surface area contributed by atoms with Crippen LogP contribution < -0.4 is 0 Å². The molecule has 3 heterocycles. The molecular formula is C20H25N5O. The van der Waals surface area contributed by atoms with Crippen LogP contribution in [0.3, 0.4) is 0 Å². The van der Waals surface area contributed by atoms with E-state index >= 15 is 0 Å². The van der Waals surface area contributed by atoms with Crippen LogP contribution in [0.4, 0.5) is 0 Å². The van der Waals surface area contributed by atoms with Crippen LogP contribution in [-0.4, -0.2) is 37.8 Å². The van der Waals surface area contributed by atoms with E-state index in [0.717, 1.165) is 43.4 Å². The van der Waals surface area contributed by atoms with Gasteiger partial charge in [-0.1, -0.05) is 30.3 Å². The molecule has 4 rings (SSSR count). The van der Waals surface area contributed by atoms with Crippen LogP contribution >= 0.6 is 0 Å². The maximum atomic E-state index is 5.50. The fourth-order valence-electron chi connectivity index (χ4n) is 3.45. The molecule has 136 valence electrons. The first-order chi connectivity index (χ1) is 12.7. The fraction of sp³-hybridized carbons (Fsp3) is 0.450. The Morgan fingerprint density at radius 2 is 1.88 bits per heavy atom. The molecule has 0 N–H and O–H groups in total. The third-order valence-electron chi connectivity index (χ3n) is 4.84. The fourth-order valence-corrected chi connectivity index (χ4v) is 3.45. The Morgan fingerprint density at radius 1 is 1.12 bits per heavy atom. The zero-order valence-electron chi connectivity index (χ0n) is 15.4. The van der Waals surface area contributed by atoms with Crippen molar-refractivity contribution in [2.45, 2.75) is 45.2 Å². The van der Waals surface area contributed by atoms with E-state index in [9.17, 15) is 0 Å². The maximum Gasteiger partial charge on any atom is 0.177 e. The lowest BCUT2D eigenvalue weighted by molar-refractivity contribution is 0.0835. The summed E-state index contributed by atoms with van der Waals surface area (Å²) in [4.78, 5) is 4.95. The van der Waals surface area contributed by atoms with E-state index in [1.165, 1.54) is 5.56 Å². The highest BCUT2D eigenvalue weighted by Gasteiger charge is 2.24. The number of nitrogens with zero attached hydrogens (tertiary/aromatic N) is 5. The highest BCUT2D eigenvalue weighted by Crippen LogP contribution is 2.28. The maximum absolute atomic E-state index is 5.50. The Labute approximate surface area is 153 Å². The largest absolute Gasteiger partial charge is 0.381 e. The summed E-state index contributed by atoms with van der Waals surface area (Å²) in [6.45, 7) is 6.55. The van der Waals surface area contributed by atoms with Crippen LogP contribution in [0, 0.1) is 0 Å². The van der Waals surface area contributed by atoms with Crippen molar-refractivity contribution in [1.82, 2.24) is 24.5 Å². The van der Waals surface area contributed by atoms with Crippen LogP contribution in [0.5, 0.6) is 0 Å². The van der Waals surface area contributed by atoms with E-state index in [2.05, 4.69) is 43.2 Å². The molecule has 0 atom stereocenters. The van der Waals surface area contributed by atoms with E-state index in [1.54, 1.807) is 0 Å². The lowest BCUT2D eigenvalue weighted by Gasteiger charge is -2.18. The lowest BCUT2D eigenvalue weighted by Crippen LogP contribution is -2.15. The topological polar surface area (TPSA) is 57.8 Å². The van der Waals surface area contributed by atoms with Gasteiger partial charge in [0.2, 0.25) is 0 Å². The van der Waals surface area contributed by atoms with E-state index in [4.69, 9.17) is 14.8 Å². The van der Waals surface area contributed by atoms with Gasteiger partial charge in [0.1, 0.15) is 5.69 Å². The Morgan fingerprint density at radius 3 is 2.62 bits per heavy atom. The number of benzene rings is 1. The van der Waals surface area contributed by atoms with Crippen molar-refractivity contribution < 1.29 is 4.74 Å². The standard InChI is InChI=1S/C20H25N5O/c1-15(2)25-18(8-11-21-25)20-22-19(17-9-12-26-13-10-17)23-24(20)14-16-6-4-3-5-7-16/h3-8,11,15,17H,9-10,12-14H2,1-2H3. The predicted octanol–water partition coefficient (Wildman–Crippen LogP) is 3.66. The van der Waals surface area contributed by atoms with Crippen LogP contribution in [0.2, 0.25) is 0 Å². The molecular weight excluding hydrogens is 326 g/mol. The molecule has 0 saturated carbocycles. The summed E-state index contributed by atoms with van der Waals surface area (Å²) in [7, 11) is 0. The van der Waals surface area contributed by atoms with E-state index in [-0.39, 0.29) is 6.04 Å². The molecule has 1 saturated heterocycles.